The molecular formula is C20H24F3N3O. The number of carbonyl (C=O) groups is 1. The first-order valence-electron chi connectivity index (χ1n) is 8.96. The van der Waals surface area contributed by atoms with Crippen molar-refractivity contribution >= 4 is 17.4 Å². The van der Waals surface area contributed by atoms with Gasteiger partial charge in [-0.15, -0.1) is 0 Å². The summed E-state index contributed by atoms with van der Waals surface area (Å²) in [7, 11) is 0. The lowest BCUT2D eigenvalue weighted by atomic mass is 10.1. The van der Waals surface area contributed by atoms with Gasteiger partial charge in [-0.05, 0) is 43.2 Å². The molecule has 27 heavy (non-hydrogen) atoms. The van der Waals surface area contributed by atoms with Crippen LogP contribution >= 0.6 is 0 Å². The van der Waals surface area contributed by atoms with Gasteiger partial charge in [-0.3, -0.25) is 4.79 Å². The standard InChI is InChI=1S/C20H24F3N3O/c1-3-4-5-6-12-26(16-9-7-8-15(13-16)20(21,22)23)19-17(18(24)27)14(2)10-11-25-19/h7-11,13H,3-6,12H2,1-2H3,(H2,24,27). The van der Waals surface area contributed by atoms with Crippen LogP contribution in [0.3, 0.4) is 0 Å². The van der Waals surface area contributed by atoms with Crippen molar-refractivity contribution in [2.24, 2.45) is 5.73 Å². The van der Waals surface area contributed by atoms with E-state index < -0.39 is 17.6 Å². The third-order valence-electron chi connectivity index (χ3n) is 4.36. The number of hydrogen-bond donors (Lipinski definition) is 1. The average Bonchev–Trinajstić information content (AvgIpc) is 2.60. The molecule has 1 heterocycles. The molecule has 0 spiro atoms. The van der Waals surface area contributed by atoms with Crippen LogP contribution in [-0.2, 0) is 6.18 Å². The van der Waals surface area contributed by atoms with Crippen LogP contribution < -0.4 is 10.6 Å². The van der Waals surface area contributed by atoms with Gasteiger partial charge in [0.1, 0.15) is 5.82 Å². The number of nitrogens with zero attached hydrogens (tertiary/aromatic N) is 2. The first-order valence-corrected chi connectivity index (χ1v) is 8.96. The Hall–Kier alpha value is -2.57. The highest BCUT2D eigenvalue weighted by atomic mass is 19.4. The maximum atomic E-state index is 13.1. The number of aromatic nitrogens is 1. The molecule has 2 rings (SSSR count). The number of aryl methyl sites for hydroxylation is 1. The molecule has 0 unspecified atom stereocenters. The Kier molecular flexibility index (Phi) is 6.82. The molecule has 1 aromatic heterocycles. The van der Waals surface area contributed by atoms with E-state index in [1.54, 1.807) is 24.0 Å². The monoisotopic (exact) mass is 379 g/mol. The third-order valence-corrected chi connectivity index (χ3v) is 4.36. The number of hydrogen-bond acceptors (Lipinski definition) is 3. The number of primary amides is 1. The summed E-state index contributed by atoms with van der Waals surface area (Å²) in [6, 6.07) is 6.71. The van der Waals surface area contributed by atoms with Gasteiger partial charge in [0.15, 0.2) is 0 Å². The zero-order valence-corrected chi connectivity index (χ0v) is 15.5. The summed E-state index contributed by atoms with van der Waals surface area (Å²) in [6.07, 6.45) is 0.848. The quantitative estimate of drug-likeness (QED) is 0.639. The topological polar surface area (TPSA) is 59.2 Å². The number of halogens is 3. The fourth-order valence-electron chi connectivity index (χ4n) is 2.96. The van der Waals surface area contributed by atoms with E-state index in [1.807, 2.05) is 0 Å². The van der Waals surface area contributed by atoms with E-state index in [-0.39, 0.29) is 5.56 Å². The number of rotatable bonds is 8. The number of carbonyl (C=O) groups excluding carboxylic acids is 1. The SMILES string of the molecule is CCCCCCN(c1cccc(C(F)(F)F)c1)c1nccc(C)c1C(N)=O. The van der Waals surface area contributed by atoms with Crippen molar-refractivity contribution < 1.29 is 18.0 Å². The van der Waals surface area contributed by atoms with Crippen molar-refractivity contribution in [2.75, 3.05) is 11.4 Å². The van der Waals surface area contributed by atoms with E-state index in [4.69, 9.17) is 5.73 Å². The van der Waals surface area contributed by atoms with Crippen LogP contribution in [0.2, 0.25) is 0 Å². The van der Waals surface area contributed by atoms with Crippen LogP contribution in [0.1, 0.15) is 54.1 Å². The first kappa shape index (κ1) is 20.7. The lowest BCUT2D eigenvalue weighted by molar-refractivity contribution is -0.137. The van der Waals surface area contributed by atoms with Crippen molar-refractivity contribution in [3.63, 3.8) is 0 Å². The molecule has 0 radical (unpaired) electrons. The van der Waals surface area contributed by atoms with E-state index >= 15 is 0 Å². The van der Waals surface area contributed by atoms with Gasteiger partial charge >= 0.3 is 6.18 Å². The molecule has 0 aliphatic carbocycles. The highest BCUT2D eigenvalue weighted by molar-refractivity contribution is 6.00. The largest absolute Gasteiger partial charge is 0.416 e. The number of unbranched alkanes of at least 4 members (excludes halogenated alkanes) is 3. The van der Waals surface area contributed by atoms with Gasteiger partial charge in [-0.1, -0.05) is 32.3 Å². The van der Waals surface area contributed by atoms with Crippen LogP contribution in [0.15, 0.2) is 36.5 Å². The molecule has 7 heteroatoms. The number of pyridine rings is 1. The summed E-state index contributed by atoms with van der Waals surface area (Å²) in [5, 5.41) is 0. The summed E-state index contributed by atoms with van der Waals surface area (Å²) >= 11 is 0. The van der Waals surface area contributed by atoms with E-state index in [2.05, 4.69) is 11.9 Å². The van der Waals surface area contributed by atoms with Gasteiger partial charge < -0.3 is 10.6 Å². The molecule has 0 saturated carbocycles. The summed E-state index contributed by atoms with van der Waals surface area (Å²) in [4.78, 5) is 17.9. The molecule has 1 aromatic carbocycles. The number of amides is 1. The van der Waals surface area contributed by atoms with Crippen molar-refractivity contribution in [2.45, 2.75) is 45.7 Å². The minimum Gasteiger partial charge on any atom is -0.365 e. The summed E-state index contributed by atoms with van der Waals surface area (Å²) in [5.74, 6) is -0.362. The normalized spacial score (nSPS) is 11.4. The van der Waals surface area contributed by atoms with Crippen molar-refractivity contribution in [1.82, 2.24) is 4.98 Å². The Labute approximate surface area is 157 Å². The number of anilines is 2. The molecule has 0 aliphatic heterocycles. The summed E-state index contributed by atoms with van der Waals surface area (Å²) < 4.78 is 39.4. The molecule has 0 fully saturated rings. The Morgan fingerprint density at radius 2 is 1.93 bits per heavy atom. The number of benzene rings is 1. The van der Waals surface area contributed by atoms with E-state index in [9.17, 15) is 18.0 Å². The molecule has 2 N–H and O–H groups in total. The Morgan fingerprint density at radius 1 is 1.19 bits per heavy atom. The van der Waals surface area contributed by atoms with E-state index in [0.717, 1.165) is 37.8 Å². The van der Waals surface area contributed by atoms with Gasteiger partial charge in [0.05, 0.1) is 11.1 Å². The fraction of sp³-hybridized carbons (Fsp3) is 0.400. The molecule has 0 saturated heterocycles. The highest BCUT2D eigenvalue weighted by Gasteiger charge is 2.31. The summed E-state index contributed by atoms with van der Waals surface area (Å²) in [5.41, 5.74) is 5.98. The second kappa shape index (κ2) is 8.88. The zero-order valence-electron chi connectivity index (χ0n) is 15.5. The average molecular weight is 379 g/mol. The van der Waals surface area contributed by atoms with Gasteiger partial charge in [0.2, 0.25) is 0 Å². The van der Waals surface area contributed by atoms with Crippen LogP contribution in [0.4, 0.5) is 24.7 Å². The number of nitrogens with two attached hydrogens (primary N) is 1. The van der Waals surface area contributed by atoms with Crippen molar-refractivity contribution in [3.05, 3.63) is 53.2 Å². The van der Waals surface area contributed by atoms with Crippen molar-refractivity contribution in [3.8, 4) is 0 Å². The molecular weight excluding hydrogens is 355 g/mol. The fourth-order valence-corrected chi connectivity index (χ4v) is 2.96. The minimum atomic E-state index is -4.45. The van der Waals surface area contributed by atoms with Crippen LogP contribution in [0.5, 0.6) is 0 Å². The van der Waals surface area contributed by atoms with E-state index in [0.29, 0.717) is 23.6 Å². The lowest BCUT2D eigenvalue weighted by Crippen LogP contribution is -2.25. The van der Waals surface area contributed by atoms with Gasteiger partial charge in [0, 0.05) is 18.4 Å². The van der Waals surface area contributed by atoms with Crippen molar-refractivity contribution in [1.29, 1.82) is 0 Å². The smallest absolute Gasteiger partial charge is 0.365 e. The minimum absolute atomic E-state index is 0.227. The van der Waals surface area contributed by atoms with Crippen LogP contribution in [0.25, 0.3) is 0 Å². The molecule has 0 atom stereocenters. The highest BCUT2D eigenvalue weighted by Crippen LogP contribution is 2.34. The molecule has 0 aliphatic rings. The number of alkyl halides is 3. The Bertz CT molecular complexity index is 790. The van der Waals surface area contributed by atoms with Gasteiger partial charge in [-0.25, -0.2) is 4.98 Å². The predicted molar refractivity (Wildman–Crippen MR) is 100 cm³/mol. The maximum Gasteiger partial charge on any atom is 0.416 e. The molecule has 2 aromatic rings. The zero-order chi connectivity index (χ0) is 20.0. The molecule has 146 valence electrons. The first-order chi connectivity index (χ1) is 12.8. The second-order valence-corrected chi connectivity index (χ2v) is 6.45. The van der Waals surface area contributed by atoms with Gasteiger partial charge in [0.25, 0.3) is 5.91 Å². The maximum absolute atomic E-state index is 13.1. The lowest BCUT2D eigenvalue weighted by Gasteiger charge is -2.27. The predicted octanol–water partition coefficient (Wildman–Crippen LogP) is 5.23. The van der Waals surface area contributed by atoms with E-state index in [1.165, 1.54) is 12.3 Å². The molecule has 4 nitrogen and oxygen atoms in total. The van der Waals surface area contributed by atoms with Gasteiger partial charge in [-0.2, -0.15) is 13.2 Å². The Balaban J connectivity index is 2.50. The second-order valence-electron chi connectivity index (χ2n) is 6.45. The van der Waals surface area contributed by atoms with Crippen LogP contribution in [0, 0.1) is 6.92 Å². The van der Waals surface area contributed by atoms with Crippen LogP contribution in [-0.4, -0.2) is 17.4 Å². The Morgan fingerprint density at radius 3 is 2.56 bits per heavy atom. The summed E-state index contributed by atoms with van der Waals surface area (Å²) in [6.45, 7) is 4.25. The molecule has 0 bridgehead atoms. The molecule has 1 amide bonds. The third kappa shape index (κ3) is 5.21.